The van der Waals surface area contributed by atoms with E-state index in [4.69, 9.17) is 9.47 Å². The molecule has 0 spiro atoms. The molecule has 1 aliphatic rings. The minimum absolute atomic E-state index is 0.183. The van der Waals surface area contributed by atoms with Gasteiger partial charge in [-0.25, -0.2) is 4.99 Å². The van der Waals surface area contributed by atoms with Crippen LogP contribution in [0, 0.1) is 0 Å². The molecule has 2 heterocycles. The van der Waals surface area contributed by atoms with Gasteiger partial charge in [0, 0.05) is 13.3 Å². The Morgan fingerprint density at radius 3 is 3.08 bits per heavy atom. The quantitative estimate of drug-likeness (QED) is 0.673. The molecule has 1 aliphatic heterocycles. The van der Waals surface area contributed by atoms with Crippen molar-refractivity contribution in [2.45, 2.75) is 6.23 Å². The minimum atomic E-state index is -0.183. The first-order valence-electron chi connectivity index (χ1n) is 4.05. The van der Waals surface area contributed by atoms with Crippen LogP contribution in [0.1, 0.15) is 5.69 Å². The lowest BCUT2D eigenvalue weighted by molar-refractivity contribution is 0.0833. The van der Waals surface area contributed by atoms with E-state index in [1.165, 1.54) is 0 Å². The van der Waals surface area contributed by atoms with Gasteiger partial charge in [0.2, 0.25) is 5.90 Å². The zero-order valence-corrected chi connectivity index (χ0v) is 7.30. The Kier molecular flexibility index (Phi) is 2.23. The van der Waals surface area contributed by atoms with E-state index in [1.54, 1.807) is 13.3 Å². The van der Waals surface area contributed by atoms with Crippen LogP contribution in [0.25, 0.3) is 0 Å². The molecule has 0 bridgehead atoms. The number of methoxy groups -OCH3 is 1. The predicted octanol–water partition coefficient (Wildman–Crippen LogP) is 0.831. The van der Waals surface area contributed by atoms with E-state index in [0.29, 0.717) is 12.5 Å². The molecule has 0 aliphatic carbocycles. The molecular formula is C9H10N2O2. The number of pyridine rings is 1. The summed E-state index contributed by atoms with van der Waals surface area (Å²) in [6.45, 7) is 0.475. The number of ether oxygens (including phenoxy) is 2. The molecule has 1 aromatic rings. The first-order chi connectivity index (χ1) is 6.40. The molecule has 68 valence electrons. The summed E-state index contributed by atoms with van der Waals surface area (Å²) in [5.74, 6) is 0.562. The zero-order valence-electron chi connectivity index (χ0n) is 7.30. The van der Waals surface area contributed by atoms with Crippen molar-refractivity contribution < 1.29 is 9.47 Å². The van der Waals surface area contributed by atoms with Gasteiger partial charge in [0.25, 0.3) is 0 Å². The molecule has 4 heteroatoms. The lowest BCUT2D eigenvalue weighted by Crippen LogP contribution is -2.07. The molecule has 0 fully saturated rings. The van der Waals surface area contributed by atoms with Crippen molar-refractivity contribution in [2.24, 2.45) is 4.99 Å². The van der Waals surface area contributed by atoms with E-state index in [2.05, 4.69) is 9.98 Å². The van der Waals surface area contributed by atoms with Crippen molar-refractivity contribution in [3.63, 3.8) is 0 Å². The maximum Gasteiger partial charge on any atom is 0.238 e. The zero-order chi connectivity index (χ0) is 9.10. The van der Waals surface area contributed by atoms with E-state index in [-0.39, 0.29) is 6.23 Å². The standard InChI is InChI=1S/C9H10N2O2/c1-12-8-6-13-9(11-8)7-4-2-3-5-10-7/h2-5,8H,6H2,1H3. The topological polar surface area (TPSA) is 43.7 Å². The van der Waals surface area contributed by atoms with Gasteiger partial charge in [0.05, 0.1) is 0 Å². The SMILES string of the molecule is COC1COC(c2ccccn2)=N1. The number of aromatic nitrogens is 1. The highest BCUT2D eigenvalue weighted by Crippen LogP contribution is 2.09. The summed E-state index contributed by atoms with van der Waals surface area (Å²) in [7, 11) is 1.61. The van der Waals surface area contributed by atoms with Gasteiger partial charge in [-0.1, -0.05) is 6.07 Å². The van der Waals surface area contributed by atoms with Gasteiger partial charge in [0.1, 0.15) is 12.3 Å². The van der Waals surface area contributed by atoms with E-state index < -0.39 is 0 Å². The molecule has 2 rings (SSSR count). The number of rotatable bonds is 2. The maximum absolute atomic E-state index is 5.30. The average Bonchev–Trinajstić information content (AvgIpc) is 2.67. The van der Waals surface area contributed by atoms with Gasteiger partial charge in [-0.15, -0.1) is 0 Å². The summed E-state index contributed by atoms with van der Waals surface area (Å²) in [5, 5.41) is 0. The van der Waals surface area contributed by atoms with Crippen LogP contribution < -0.4 is 0 Å². The molecule has 13 heavy (non-hydrogen) atoms. The van der Waals surface area contributed by atoms with Crippen LogP contribution in [0.15, 0.2) is 29.4 Å². The van der Waals surface area contributed by atoms with Gasteiger partial charge >= 0.3 is 0 Å². The van der Waals surface area contributed by atoms with Crippen LogP contribution >= 0.6 is 0 Å². The van der Waals surface area contributed by atoms with Gasteiger partial charge in [-0.3, -0.25) is 4.98 Å². The summed E-state index contributed by atoms with van der Waals surface area (Å²) in [6, 6.07) is 5.61. The van der Waals surface area contributed by atoms with Crippen LogP contribution in [-0.4, -0.2) is 30.8 Å². The Balaban J connectivity index is 2.19. The Bertz CT molecular complexity index is 311. The summed E-state index contributed by atoms with van der Waals surface area (Å²) in [4.78, 5) is 8.30. The highest BCUT2D eigenvalue weighted by atomic mass is 16.6. The van der Waals surface area contributed by atoms with E-state index in [9.17, 15) is 0 Å². The van der Waals surface area contributed by atoms with Gasteiger partial charge < -0.3 is 9.47 Å². The second-order valence-electron chi connectivity index (χ2n) is 2.65. The largest absolute Gasteiger partial charge is 0.471 e. The molecule has 0 amide bonds. The summed E-state index contributed by atoms with van der Waals surface area (Å²) in [5.41, 5.74) is 0.752. The number of hydrogen-bond donors (Lipinski definition) is 0. The van der Waals surface area contributed by atoms with E-state index in [0.717, 1.165) is 5.69 Å². The van der Waals surface area contributed by atoms with E-state index >= 15 is 0 Å². The highest BCUT2D eigenvalue weighted by molar-refractivity contribution is 5.93. The molecule has 1 atom stereocenters. The maximum atomic E-state index is 5.30. The van der Waals surface area contributed by atoms with Crippen molar-refractivity contribution in [3.05, 3.63) is 30.1 Å². The van der Waals surface area contributed by atoms with Crippen LogP contribution in [0.2, 0.25) is 0 Å². The molecule has 0 saturated carbocycles. The third-order valence-corrected chi connectivity index (χ3v) is 1.78. The third kappa shape index (κ3) is 1.67. The normalized spacial score (nSPS) is 21.0. The predicted molar refractivity (Wildman–Crippen MR) is 47.5 cm³/mol. The van der Waals surface area contributed by atoms with E-state index in [1.807, 2.05) is 18.2 Å². The molecule has 1 unspecified atom stereocenters. The van der Waals surface area contributed by atoms with Gasteiger partial charge in [0.15, 0.2) is 6.23 Å². The monoisotopic (exact) mass is 178 g/mol. The molecule has 0 radical (unpaired) electrons. The second kappa shape index (κ2) is 3.53. The molecule has 0 aromatic carbocycles. The third-order valence-electron chi connectivity index (χ3n) is 1.78. The summed E-state index contributed by atoms with van der Waals surface area (Å²) in [6.07, 6.45) is 1.53. The lowest BCUT2D eigenvalue weighted by atomic mass is 10.3. The van der Waals surface area contributed by atoms with Crippen LogP contribution in [0.4, 0.5) is 0 Å². The highest BCUT2D eigenvalue weighted by Gasteiger charge is 2.19. The molecule has 1 aromatic heterocycles. The summed E-state index contributed by atoms with van der Waals surface area (Å²) < 4.78 is 10.3. The fourth-order valence-corrected chi connectivity index (χ4v) is 1.11. The smallest absolute Gasteiger partial charge is 0.238 e. The minimum Gasteiger partial charge on any atom is -0.471 e. The first kappa shape index (κ1) is 8.19. The average molecular weight is 178 g/mol. The van der Waals surface area contributed by atoms with Gasteiger partial charge in [-0.2, -0.15) is 0 Å². The Labute approximate surface area is 76.2 Å². The molecular weight excluding hydrogens is 168 g/mol. The van der Waals surface area contributed by atoms with Crippen molar-refractivity contribution >= 4 is 5.90 Å². The number of aliphatic imine (C=N–C) groups is 1. The van der Waals surface area contributed by atoms with Crippen molar-refractivity contribution in [3.8, 4) is 0 Å². The van der Waals surface area contributed by atoms with Crippen LogP contribution in [-0.2, 0) is 9.47 Å². The Hall–Kier alpha value is -1.42. The Morgan fingerprint density at radius 2 is 2.46 bits per heavy atom. The van der Waals surface area contributed by atoms with Crippen LogP contribution in [0.3, 0.4) is 0 Å². The van der Waals surface area contributed by atoms with Crippen LogP contribution in [0.5, 0.6) is 0 Å². The molecule has 4 nitrogen and oxygen atoms in total. The van der Waals surface area contributed by atoms with Crippen molar-refractivity contribution in [2.75, 3.05) is 13.7 Å². The number of nitrogens with zero attached hydrogens (tertiary/aromatic N) is 2. The second-order valence-corrected chi connectivity index (χ2v) is 2.65. The Morgan fingerprint density at radius 1 is 1.54 bits per heavy atom. The fourth-order valence-electron chi connectivity index (χ4n) is 1.11. The first-order valence-corrected chi connectivity index (χ1v) is 4.05. The molecule has 0 N–H and O–H groups in total. The number of hydrogen-bond acceptors (Lipinski definition) is 4. The van der Waals surface area contributed by atoms with Crippen molar-refractivity contribution in [1.29, 1.82) is 0 Å². The molecule has 0 saturated heterocycles. The fraction of sp³-hybridized carbons (Fsp3) is 0.333. The summed E-state index contributed by atoms with van der Waals surface area (Å²) >= 11 is 0. The lowest BCUT2D eigenvalue weighted by Gasteiger charge is -1.98. The van der Waals surface area contributed by atoms with Gasteiger partial charge in [-0.05, 0) is 12.1 Å². The van der Waals surface area contributed by atoms with Crippen molar-refractivity contribution in [1.82, 2.24) is 4.98 Å².